The Hall–Kier alpha value is -1.46. The van der Waals surface area contributed by atoms with Crippen molar-refractivity contribution < 1.29 is 9.90 Å². The molecule has 3 rings (SSSR count). The van der Waals surface area contributed by atoms with Gasteiger partial charge in [0.05, 0.1) is 17.9 Å². The number of aromatic nitrogens is 1. The van der Waals surface area contributed by atoms with Gasteiger partial charge in [0.2, 0.25) is 5.91 Å². The Morgan fingerprint density at radius 3 is 2.95 bits per heavy atom. The first-order chi connectivity index (χ1) is 10.1. The van der Waals surface area contributed by atoms with Crippen LogP contribution in [0.3, 0.4) is 0 Å². The molecular formula is C16H20N2O2S. The minimum Gasteiger partial charge on any atom is -0.394 e. The van der Waals surface area contributed by atoms with E-state index in [4.69, 9.17) is 0 Å². The molecule has 1 aromatic heterocycles. The highest BCUT2D eigenvalue weighted by Gasteiger charge is 2.28. The topological polar surface area (TPSA) is 65.1 Å². The summed E-state index contributed by atoms with van der Waals surface area (Å²) in [5.74, 6) is 0.241. The monoisotopic (exact) mass is 304 g/mol. The van der Waals surface area contributed by atoms with Crippen LogP contribution in [0.15, 0.2) is 29.3 Å². The lowest BCUT2D eigenvalue weighted by molar-refractivity contribution is -0.122. The standard InChI is InChI=1S/C16H20N2O2S/c1-9(2)15-16(20)18-11(8-19)6-10-7-17-12-4-3-5-13(21-15)14(10)12/h3-5,7,9,11,15,17,19H,6,8H2,1-2H3,(H,18,20)/t11-,15-/m0/s1. The maximum Gasteiger partial charge on any atom is 0.234 e. The molecule has 2 atom stereocenters. The SMILES string of the molecule is CC(C)[C@@H]1Sc2cccc3[nH]cc(c23)C[C@@H](CO)NC1=O. The van der Waals surface area contributed by atoms with Crippen molar-refractivity contribution in [2.75, 3.05) is 6.61 Å². The van der Waals surface area contributed by atoms with Gasteiger partial charge in [-0.2, -0.15) is 0 Å². The van der Waals surface area contributed by atoms with Crippen LogP contribution in [0.25, 0.3) is 10.9 Å². The number of hydrogen-bond donors (Lipinski definition) is 3. The molecule has 0 fully saturated rings. The van der Waals surface area contributed by atoms with E-state index in [-0.39, 0.29) is 29.7 Å². The van der Waals surface area contributed by atoms with Crippen LogP contribution < -0.4 is 5.32 Å². The van der Waals surface area contributed by atoms with E-state index in [0.717, 1.165) is 16.0 Å². The molecule has 112 valence electrons. The molecule has 21 heavy (non-hydrogen) atoms. The van der Waals surface area contributed by atoms with Crippen molar-refractivity contribution in [2.45, 2.75) is 36.5 Å². The number of amides is 1. The number of hydrogen-bond acceptors (Lipinski definition) is 3. The maximum absolute atomic E-state index is 12.5. The van der Waals surface area contributed by atoms with Crippen LogP contribution in [0.4, 0.5) is 0 Å². The zero-order valence-electron chi connectivity index (χ0n) is 12.2. The fourth-order valence-electron chi connectivity index (χ4n) is 2.82. The van der Waals surface area contributed by atoms with Crippen LogP contribution in [-0.2, 0) is 11.2 Å². The summed E-state index contributed by atoms with van der Waals surface area (Å²) < 4.78 is 0. The summed E-state index contributed by atoms with van der Waals surface area (Å²) in [6, 6.07) is 5.91. The fraction of sp³-hybridized carbons (Fsp3) is 0.438. The highest BCUT2D eigenvalue weighted by Crippen LogP contribution is 2.36. The number of thioether (sulfide) groups is 1. The normalized spacial score (nSPS) is 22.8. The van der Waals surface area contributed by atoms with Gasteiger partial charge in [0.1, 0.15) is 0 Å². The van der Waals surface area contributed by atoms with Crippen LogP contribution in [0.1, 0.15) is 19.4 Å². The molecule has 0 unspecified atom stereocenters. The summed E-state index contributed by atoms with van der Waals surface area (Å²) in [7, 11) is 0. The summed E-state index contributed by atoms with van der Waals surface area (Å²) >= 11 is 1.62. The van der Waals surface area contributed by atoms with Crippen LogP contribution in [0.5, 0.6) is 0 Å². The van der Waals surface area contributed by atoms with Gasteiger partial charge in [0.15, 0.2) is 0 Å². The number of carbonyl (C=O) groups excluding carboxylic acids is 1. The molecule has 3 N–H and O–H groups in total. The minimum absolute atomic E-state index is 0.0141. The highest BCUT2D eigenvalue weighted by atomic mass is 32.2. The third kappa shape index (κ3) is 2.68. The number of rotatable bonds is 2. The van der Waals surface area contributed by atoms with Gasteiger partial charge >= 0.3 is 0 Å². The molecule has 5 heteroatoms. The van der Waals surface area contributed by atoms with E-state index in [1.165, 1.54) is 5.39 Å². The zero-order chi connectivity index (χ0) is 15.0. The molecular weight excluding hydrogens is 284 g/mol. The van der Waals surface area contributed by atoms with Crippen molar-refractivity contribution in [1.29, 1.82) is 0 Å². The number of aliphatic hydroxyl groups excluding tert-OH is 1. The summed E-state index contributed by atoms with van der Waals surface area (Å²) in [5, 5.41) is 13.6. The van der Waals surface area contributed by atoms with Crippen molar-refractivity contribution in [2.24, 2.45) is 5.92 Å². The number of aliphatic hydroxyl groups is 1. The summed E-state index contributed by atoms with van der Waals surface area (Å²) in [6.45, 7) is 4.07. The average molecular weight is 304 g/mol. The van der Waals surface area contributed by atoms with Gasteiger partial charge in [-0.05, 0) is 30.0 Å². The van der Waals surface area contributed by atoms with Crippen LogP contribution in [0, 0.1) is 5.92 Å². The molecule has 0 aliphatic carbocycles. The lowest BCUT2D eigenvalue weighted by Gasteiger charge is -2.22. The first-order valence-corrected chi connectivity index (χ1v) is 8.15. The fourth-order valence-corrected chi connectivity index (χ4v) is 4.05. The number of carbonyl (C=O) groups is 1. The van der Waals surface area contributed by atoms with Gasteiger partial charge in [-0.3, -0.25) is 4.79 Å². The molecule has 0 bridgehead atoms. The Bertz CT molecular complexity index is 665. The first-order valence-electron chi connectivity index (χ1n) is 7.27. The average Bonchev–Trinajstić information content (AvgIpc) is 2.88. The number of aromatic amines is 1. The Morgan fingerprint density at radius 1 is 1.43 bits per heavy atom. The second-order valence-corrected chi connectivity index (χ2v) is 7.05. The second-order valence-electron chi connectivity index (χ2n) is 5.87. The smallest absolute Gasteiger partial charge is 0.234 e. The van der Waals surface area contributed by atoms with Gasteiger partial charge < -0.3 is 15.4 Å². The van der Waals surface area contributed by atoms with Gasteiger partial charge in [0.25, 0.3) is 0 Å². The molecule has 1 amide bonds. The van der Waals surface area contributed by atoms with E-state index in [9.17, 15) is 9.90 Å². The van der Waals surface area contributed by atoms with E-state index in [0.29, 0.717) is 6.42 Å². The van der Waals surface area contributed by atoms with Crippen LogP contribution in [0.2, 0.25) is 0 Å². The maximum atomic E-state index is 12.5. The van der Waals surface area contributed by atoms with Gasteiger partial charge in [0, 0.05) is 22.0 Å². The predicted molar refractivity (Wildman–Crippen MR) is 85.5 cm³/mol. The van der Waals surface area contributed by atoms with Crippen molar-refractivity contribution in [3.05, 3.63) is 30.0 Å². The quantitative estimate of drug-likeness (QED) is 0.798. The zero-order valence-corrected chi connectivity index (χ0v) is 13.0. The summed E-state index contributed by atoms with van der Waals surface area (Å²) in [5.41, 5.74) is 2.24. The number of benzene rings is 1. The van der Waals surface area contributed by atoms with Gasteiger partial charge in [-0.25, -0.2) is 0 Å². The van der Waals surface area contributed by atoms with Crippen molar-refractivity contribution >= 4 is 28.6 Å². The molecule has 0 radical (unpaired) electrons. The van der Waals surface area contributed by atoms with E-state index >= 15 is 0 Å². The highest BCUT2D eigenvalue weighted by molar-refractivity contribution is 8.00. The molecule has 0 saturated carbocycles. The number of H-pyrrole nitrogens is 1. The predicted octanol–water partition coefficient (Wildman–Crippen LogP) is 2.32. The minimum atomic E-state index is -0.232. The van der Waals surface area contributed by atoms with E-state index in [1.807, 2.05) is 18.3 Å². The molecule has 2 aromatic rings. The molecule has 0 spiro atoms. The van der Waals surface area contributed by atoms with Crippen LogP contribution >= 0.6 is 11.8 Å². The van der Waals surface area contributed by atoms with E-state index < -0.39 is 0 Å². The third-order valence-corrected chi connectivity index (χ3v) is 5.51. The lowest BCUT2D eigenvalue weighted by atomic mass is 10.0. The van der Waals surface area contributed by atoms with Crippen LogP contribution in [-0.4, -0.2) is 33.9 Å². The Kier molecular flexibility index (Phi) is 3.95. The van der Waals surface area contributed by atoms with Gasteiger partial charge in [-0.15, -0.1) is 11.8 Å². The summed E-state index contributed by atoms with van der Waals surface area (Å²) in [4.78, 5) is 16.9. The molecule has 1 aliphatic heterocycles. The molecule has 1 aromatic carbocycles. The first kappa shape index (κ1) is 14.5. The van der Waals surface area contributed by atoms with E-state index in [2.05, 4.69) is 30.2 Å². The van der Waals surface area contributed by atoms with Crippen molar-refractivity contribution in [3.8, 4) is 0 Å². The Labute approximate surface area is 128 Å². The lowest BCUT2D eigenvalue weighted by Crippen LogP contribution is -2.44. The molecule has 1 aliphatic rings. The molecule has 0 saturated heterocycles. The largest absolute Gasteiger partial charge is 0.394 e. The molecule has 4 nitrogen and oxygen atoms in total. The van der Waals surface area contributed by atoms with E-state index in [1.54, 1.807) is 11.8 Å². The summed E-state index contributed by atoms with van der Waals surface area (Å²) in [6.07, 6.45) is 2.63. The number of nitrogens with one attached hydrogen (secondary N) is 2. The second kappa shape index (κ2) is 5.73. The third-order valence-electron chi connectivity index (χ3n) is 3.90. The van der Waals surface area contributed by atoms with Crippen molar-refractivity contribution in [1.82, 2.24) is 10.3 Å². The van der Waals surface area contributed by atoms with Gasteiger partial charge in [-0.1, -0.05) is 19.9 Å². The molecule has 2 heterocycles. The van der Waals surface area contributed by atoms with Crippen molar-refractivity contribution in [3.63, 3.8) is 0 Å². The Balaban J connectivity index is 2.13. The Morgan fingerprint density at radius 2 is 2.24 bits per heavy atom.